The first kappa shape index (κ1) is 21.5. The zero-order valence-corrected chi connectivity index (χ0v) is 20.6. The van der Waals surface area contributed by atoms with Crippen molar-refractivity contribution < 1.29 is 0 Å². The van der Waals surface area contributed by atoms with Crippen LogP contribution in [0, 0.1) is 22.0 Å². The number of hydrogen-bond donors (Lipinski definition) is 0. The second-order valence-corrected chi connectivity index (χ2v) is 9.14. The summed E-state index contributed by atoms with van der Waals surface area (Å²) in [5.74, 6) is 0.899. The summed E-state index contributed by atoms with van der Waals surface area (Å²) in [6.07, 6.45) is 4.24. The van der Waals surface area contributed by atoms with Gasteiger partial charge in [0.1, 0.15) is 21.9 Å². The molecule has 8 heteroatoms. The minimum atomic E-state index is 0.658. The lowest BCUT2D eigenvalue weighted by atomic mass is 10.0. The fourth-order valence-corrected chi connectivity index (χ4v) is 4.78. The molecular weight excluding hydrogens is 525 g/mol. The molecule has 2 aromatic carbocycles. The second kappa shape index (κ2) is 8.90. The summed E-state index contributed by atoms with van der Waals surface area (Å²) in [6.45, 7) is 6.35. The molecule has 33 heavy (non-hydrogen) atoms. The standard InChI is InChI=1S/C25H22IN7/c1-3-33(18-5-6-21-22(11-18)28-13-24(26)31-21)25-19-14-32(9-8-20(19)29-15-30-25)23-7-4-16(2)10-17(23)12-27/h4-7,10-11,13,15H,3,8-9,14H2,1-2H3. The quantitative estimate of drug-likeness (QED) is 0.336. The van der Waals surface area contributed by atoms with Crippen molar-refractivity contribution >= 4 is 50.8 Å². The number of halogens is 1. The minimum Gasteiger partial charge on any atom is -0.366 e. The first-order valence-corrected chi connectivity index (χ1v) is 11.9. The number of fused-ring (bicyclic) bond motifs is 2. The Morgan fingerprint density at radius 3 is 2.82 bits per heavy atom. The summed E-state index contributed by atoms with van der Waals surface area (Å²) >= 11 is 2.18. The van der Waals surface area contributed by atoms with E-state index in [1.54, 1.807) is 12.5 Å². The van der Waals surface area contributed by atoms with Crippen molar-refractivity contribution in [2.45, 2.75) is 26.8 Å². The van der Waals surface area contributed by atoms with Gasteiger partial charge in [-0.2, -0.15) is 5.26 Å². The molecule has 0 atom stereocenters. The third kappa shape index (κ3) is 4.09. The van der Waals surface area contributed by atoms with Crippen LogP contribution in [-0.2, 0) is 13.0 Å². The number of aromatic nitrogens is 4. The van der Waals surface area contributed by atoms with Gasteiger partial charge in [-0.3, -0.25) is 4.98 Å². The maximum atomic E-state index is 9.68. The molecule has 1 aliphatic heterocycles. The molecule has 3 heterocycles. The van der Waals surface area contributed by atoms with Crippen LogP contribution in [0.2, 0.25) is 0 Å². The third-order valence-electron chi connectivity index (χ3n) is 5.97. The van der Waals surface area contributed by atoms with Gasteiger partial charge in [-0.1, -0.05) is 6.07 Å². The lowest BCUT2D eigenvalue weighted by Gasteiger charge is -2.34. The summed E-state index contributed by atoms with van der Waals surface area (Å²) in [6, 6.07) is 14.5. The predicted molar refractivity (Wildman–Crippen MR) is 138 cm³/mol. The van der Waals surface area contributed by atoms with Gasteiger partial charge in [-0.05, 0) is 72.3 Å². The number of aryl methyl sites for hydroxylation is 1. The van der Waals surface area contributed by atoms with Gasteiger partial charge in [0, 0.05) is 37.3 Å². The number of benzene rings is 2. The van der Waals surface area contributed by atoms with E-state index in [2.05, 4.69) is 78.5 Å². The van der Waals surface area contributed by atoms with Gasteiger partial charge in [-0.15, -0.1) is 0 Å². The molecule has 0 saturated carbocycles. The molecule has 5 rings (SSSR count). The van der Waals surface area contributed by atoms with Crippen molar-refractivity contribution in [3.05, 3.63) is 75.0 Å². The zero-order valence-electron chi connectivity index (χ0n) is 18.5. The summed E-state index contributed by atoms with van der Waals surface area (Å²) in [5, 5.41) is 9.68. The lowest BCUT2D eigenvalue weighted by molar-refractivity contribution is 0.701. The molecule has 4 aromatic rings. The van der Waals surface area contributed by atoms with Crippen molar-refractivity contribution in [3.8, 4) is 6.07 Å². The molecule has 0 aliphatic carbocycles. The Morgan fingerprint density at radius 2 is 2.00 bits per heavy atom. The topological polar surface area (TPSA) is 81.8 Å². The molecule has 0 saturated heterocycles. The lowest BCUT2D eigenvalue weighted by Crippen LogP contribution is -2.33. The SMILES string of the molecule is CCN(c1ccc2nc(I)cnc2c1)c1ncnc2c1CN(c1ccc(C)cc1C#N)CC2. The predicted octanol–water partition coefficient (Wildman–Crippen LogP) is 4.93. The van der Waals surface area contributed by atoms with E-state index in [1.165, 1.54) is 0 Å². The summed E-state index contributed by atoms with van der Waals surface area (Å²) in [7, 11) is 0. The summed E-state index contributed by atoms with van der Waals surface area (Å²) < 4.78 is 0.873. The maximum absolute atomic E-state index is 9.68. The Balaban J connectivity index is 1.55. The van der Waals surface area contributed by atoms with E-state index in [9.17, 15) is 5.26 Å². The molecule has 1 aliphatic rings. The number of nitrogens with zero attached hydrogens (tertiary/aromatic N) is 7. The molecule has 0 unspecified atom stereocenters. The monoisotopic (exact) mass is 547 g/mol. The summed E-state index contributed by atoms with van der Waals surface area (Å²) in [5.41, 5.74) is 7.67. The Labute approximate surface area is 206 Å². The van der Waals surface area contributed by atoms with Crippen LogP contribution < -0.4 is 9.80 Å². The smallest absolute Gasteiger partial charge is 0.141 e. The molecule has 164 valence electrons. The van der Waals surface area contributed by atoms with Crippen LogP contribution in [0.4, 0.5) is 17.2 Å². The highest BCUT2D eigenvalue weighted by Gasteiger charge is 2.25. The number of nitriles is 1. The normalized spacial score (nSPS) is 13.0. The average molecular weight is 547 g/mol. The fraction of sp³-hybridized carbons (Fsp3) is 0.240. The van der Waals surface area contributed by atoms with Crippen molar-refractivity contribution in [2.75, 3.05) is 22.9 Å². The fourth-order valence-electron chi connectivity index (χ4n) is 4.38. The van der Waals surface area contributed by atoms with Gasteiger partial charge >= 0.3 is 0 Å². The van der Waals surface area contributed by atoms with Crippen LogP contribution in [0.15, 0.2) is 48.9 Å². The minimum absolute atomic E-state index is 0.658. The zero-order chi connectivity index (χ0) is 22.9. The first-order chi connectivity index (χ1) is 16.1. The molecule has 0 N–H and O–H groups in total. The average Bonchev–Trinajstić information content (AvgIpc) is 2.84. The van der Waals surface area contributed by atoms with Crippen molar-refractivity contribution in [1.29, 1.82) is 5.26 Å². The molecule has 7 nitrogen and oxygen atoms in total. The molecule has 0 bridgehead atoms. The van der Waals surface area contributed by atoms with Gasteiger partial charge < -0.3 is 9.80 Å². The van der Waals surface area contributed by atoms with Crippen LogP contribution in [0.5, 0.6) is 0 Å². The van der Waals surface area contributed by atoms with Gasteiger partial charge in [0.15, 0.2) is 0 Å². The van der Waals surface area contributed by atoms with Gasteiger partial charge in [0.05, 0.1) is 34.2 Å². The molecule has 0 amide bonds. The molecule has 0 radical (unpaired) electrons. The maximum Gasteiger partial charge on any atom is 0.141 e. The van der Waals surface area contributed by atoms with E-state index in [1.807, 2.05) is 25.1 Å². The number of rotatable bonds is 4. The largest absolute Gasteiger partial charge is 0.366 e. The van der Waals surface area contributed by atoms with Crippen LogP contribution in [0.1, 0.15) is 29.3 Å². The van der Waals surface area contributed by atoms with Crippen molar-refractivity contribution in [1.82, 2.24) is 19.9 Å². The first-order valence-electron chi connectivity index (χ1n) is 10.9. The highest BCUT2D eigenvalue weighted by atomic mass is 127. The van der Waals surface area contributed by atoms with E-state index in [-0.39, 0.29) is 0 Å². The second-order valence-electron chi connectivity index (χ2n) is 8.04. The molecular formula is C25H22IN7. The highest BCUT2D eigenvalue weighted by Crippen LogP contribution is 2.34. The van der Waals surface area contributed by atoms with Crippen LogP contribution >= 0.6 is 22.6 Å². The van der Waals surface area contributed by atoms with Crippen LogP contribution in [0.3, 0.4) is 0 Å². The Kier molecular flexibility index (Phi) is 5.81. The Hall–Kier alpha value is -3.32. The molecule has 0 spiro atoms. The van der Waals surface area contributed by atoms with E-state index < -0.39 is 0 Å². The van der Waals surface area contributed by atoms with Crippen LogP contribution in [0.25, 0.3) is 11.0 Å². The van der Waals surface area contributed by atoms with Crippen molar-refractivity contribution in [2.24, 2.45) is 0 Å². The Bertz CT molecular complexity index is 1400. The van der Waals surface area contributed by atoms with E-state index >= 15 is 0 Å². The van der Waals surface area contributed by atoms with E-state index in [0.29, 0.717) is 12.1 Å². The van der Waals surface area contributed by atoms with E-state index in [0.717, 1.165) is 68.3 Å². The van der Waals surface area contributed by atoms with Gasteiger partial charge in [0.25, 0.3) is 0 Å². The number of anilines is 3. The Morgan fingerprint density at radius 1 is 1.12 bits per heavy atom. The van der Waals surface area contributed by atoms with Crippen molar-refractivity contribution in [3.63, 3.8) is 0 Å². The van der Waals surface area contributed by atoms with Gasteiger partial charge in [-0.25, -0.2) is 15.0 Å². The molecule has 2 aromatic heterocycles. The van der Waals surface area contributed by atoms with E-state index in [4.69, 9.17) is 4.98 Å². The third-order valence-corrected chi connectivity index (χ3v) is 6.49. The van der Waals surface area contributed by atoms with Crippen LogP contribution in [-0.4, -0.2) is 33.0 Å². The molecule has 0 fully saturated rings. The summed E-state index contributed by atoms with van der Waals surface area (Å²) in [4.78, 5) is 22.8. The highest BCUT2D eigenvalue weighted by molar-refractivity contribution is 14.1. The van der Waals surface area contributed by atoms with Gasteiger partial charge in [0.2, 0.25) is 0 Å². The number of hydrogen-bond acceptors (Lipinski definition) is 7.